The van der Waals surface area contributed by atoms with Crippen LogP contribution in [0.5, 0.6) is 0 Å². The SMILES string of the molecule is CCSC1=C(C(=O)OCc2ccc([N+](=O)[O-])cc2)N2C(=O)C(CO)[C@H]2S1. The van der Waals surface area contributed by atoms with E-state index in [2.05, 4.69) is 0 Å². The van der Waals surface area contributed by atoms with E-state index in [1.54, 1.807) is 0 Å². The minimum Gasteiger partial charge on any atom is -0.456 e. The molecule has 138 valence electrons. The zero-order valence-corrected chi connectivity index (χ0v) is 15.4. The van der Waals surface area contributed by atoms with Gasteiger partial charge in [0.25, 0.3) is 5.69 Å². The normalized spacial score (nSPS) is 21.5. The quantitative estimate of drug-likeness (QED) is 0.323. The van der Waals surface area contributed by atoms with Crippen LogP contribution in [0.1, 0.15) is 12.5 Å². The number of hydrogen-bond donors (Lipinski definition) is 1. The fourth-order valence-electron chi connectivity index (χ4n) is 2.67. The maximum absolute atomic E-state index is 12.5. The van der Waals surface area contributed by atoms with Crippen molar-refractivity contribution in [1.82, 2.24) is 4.90 Å². The van der Waals surface area contributed by atoms with E-state index in [1.807, 2.05) is 6.92 Å². The first-order valence-electron chi connectivity index (χ1n) is 7.86. The van der Waals surface area contributed by atoms with Crippen LogP contribution < -0.4 is 0 Å². The lowest BCUT2D eigenvalue weighted by atomic mass is 9.99. The van der Waals surface area contributed by atoms with E-state index in [4.69, 9.17) is 4.74 Å². The Balaban J connectivity index is 1.70. The molecular formula is C16H16N2O6S2. The van der Waals surface area contributed by atoms with Crippen LogP contribution in [-0.2, 0) is 20.9 Å². The van der Waals surface area contributed by atoms with E-state index in [0.717, 1.165) is 9.99 Å². The largest absolute Gasteiger partial charge is 0.456 e. The lowest BCUT2D eigenvalue weighted by molar-refractivity contribution is -0.384. The highest BCUT2D eigenvalue weighted by Crippen LogP contribution is 2.52. The Morgan fingerprint density at radius 1 is 1.42 bits per heavy atom. The first-order valence-corrected chi connectivity index (χ1v) is 9.72. The van der Waals surface area contributed by atoms with Crippen molar-refractivity contribution in [2.24, 2.45) is 5.92 Å². The summed E-state index contributed by atoms with van der Waals surface area (Å²) < 4.78 is 6.03. The number of aliphatic hydroxyl groups excluding tert-OH is 1. The summed E-state index contributed by atoms with van der Waals surface area (Å²) in [6, 6.07) is 5.72. The Labute approximate surface area is 157 Å². The number of β-lactam (4-membered cyclic amide) rings is 1. The van der Waals surface area contributed by atoms with Crippen LogP contribution in [0.15, 0.2) is 34.2 Å². The highest BCUT2D eigenvalue weighted by Gasteiger charge is 2.56. The van der Waals surface area contributed by atoms with Crippen molar-refractivity contribution in [2.45, 2.75) is 18.9 Å². The number of non-ortho nitro benzene ring substituents is 1. The van der Waals surface area contributed by atoms with Gasteiger partial charge >= 0.3 is 5.97 Å². The zero-order chi connectivity index (χ0) is 18.8. The number of hydrogen-bond acceptors (Lipinski definition) is 8. The predicted octanol–water partition coefficient (Wildman–Crippen LogP) is 2.08. The number of aliphatic hydroxyl groups is 1. The lowest BCUT2D eigenvalue weighted by Gasteiger charge is -2.41. The second-order valence-electron chi connectivity index (χ2n) is 5.57. The number of ether oxygens (including phenoxy) is 1. The van der Waals surface area contributed by atoms with E-state index in [-0.39, 0.29) is 35.9 Å². The Morgan fingerprint density at radius 2 is 2.12 bits per heavy atom. The molecule has 1 N–H and O–H groups in total. The van der Waals surface area contributed by atoms with Gasteiger partial charge in [0.05, 0.1) is 21.7 Å². The van der Waals surface area contributed by atoms with E-state index < -0.39 is 16.8 Å². The Kier molecular flexibility index (Phi) is 5.54. The van der Waals surface area contributed by atoms with Crippen LogP contribution in [0, 0.1) is 16.0 Å². The second kappa shape index (κ2) is 7.68. The number of rotatable bonds is 7. The Hall–Kier alpha value is -2.04. The number of carbonyl (C=O) groups excluding carboxylic acids is 2. The molecule has 2 aliphatic heterocycles. The van der Waals surface area contributed by atoms with Crippen molar-refractivity contribution >= 4 is 41.1 Å². The third kappa shape index (κ3) is 3.31. The van der Waals surface area contributed by atoms with Crippen molar-refractivity contribution in [1.29, 1.82) is 0 Å². The van der Waals surface area contributed by atoms with Crippen LogP contribution >= 0.6 is 23.5 Å². The molecule has 2 heterocycles. The number of nitro groups is 1. The molecule has 0 saturated carbocycles. The van der Waals surface area contributed by atoms with Gasteiger partial charge in [-0.25, -0.2) is 4.79 Å². The summed E-state index contributed by atoms with van der Waals surface area (Å²) >= 11 is 2.85. The predicted molar refractivity (Wildman–Crippen MR) is 96.9 cm³/mol. The number of thioether (sulfide) groups is 2. The van der Waals surface area contributed by atoms with Crippen LogP contribution in [0.3, 0.4) is 0 Å². The molecule has 3 rings (SSSR count). The molecule has 1 fully saturated rings. The van der Waals surface area contributed by atoms with Crippen molar-refractivity contribution in [3.05, 3.63) is 49.9 Å². The van der Waals surface area contributed by atoms with Gasteiger partial charge in [-0.05, 0) is 23.4 Å². The molecule has 0 bridgehead atoms. The minimum absolute atomic E-state index is 0.0410. The van der Waals surface area contributed by atoms with Crippen molar-refractivity contribution in [3.63, 3.8) is 0 Å². The molecule has 1 unspecified atom stereocenters. The fraction of sp³-hybridized carbons (Fsp3) is 0.375. The Morgan fingerprint density at radius 3 is 2.69 bits per heavy atom. The van der Waals surface area contributed by atoms with Gasteiger partial charge in [-0.3, -0.25) is 19.8 Å². The molecule has 2 atom stereocenters. The molecule has 1 aromatic carbocycles. The molecule has 2 aliphatic rings. The highest BCUT2D eigenvalue weighted by atomic mass is 32.2. The molecule has 1 aromatic rings. The smallest absolute Gasteiger partial charge is 0.357 e. The van der Waals surface area contributed by atoms with Gasteiger partial charge in [0, 0.05) is 12.1 Å². The maximum atomic E-state index is 12.5. The van der Waals surface area contributed by atoms with Crippen LogP contribution in [0.4, 0.5) is 5.69 Å². The molecule has 1 saturated heterocycles. The summed E-state index contributed by atoms with van der Waals surface area (Å²) in [6.45, 7) is 1.65. The van der Waals surface area contributed by atoms with Crippen LogP contribution in [0.2, 0.25) is 0 Å². The number of benzene rings is 1. The van der Waals surface area contributed by atoms with Gasteiger partial charge in [0.1, 0.15) is 12.0 Å². The minimum atomic E-state index is -0.612. The summed E-state index contributed by atoms with van der Waals surface area (Å²) in [5.41, 5.74) is 0.795. The summed E-state index contributed by atoms with van der Waals surface area (Å²) in [5.74, 6) is -0.648. The maximum Gasteiger partial charge on any atom is 0.357 e. The summed E-state index contributed by atoms with van der Waals surface area (Å²) in [6.07, 6.45) is 0. The molecule has 0 aliphatic carbocycles. The van der Waals surface area contributed by atoms with Gasteiger partial charge in [-0.1, -0.05) is 18.7 Å². The molecular weight excluding hydrogens is 380 g/mol. The molecule has 8 nitrogen and oxygen atoms in total. The van der Waals surface area contributed by atoms with Crippen molar-refractivity contribution in [2.75, 3.05) is 12.4 Å². The van der Waals surface area contributed by atoms with Crippen molar-refractivity contribution < 1.29 is 24.4 Å². The number of fused-ring (bicyclic) bond motifs is 1. The average Bonchev–Trinajstić information content (AvgIpc) is 2.95. The molecule has 1 amide bonds. The van der Waals surface area contributed by atoms with Gasteiger partial charge in [-0.15, -0.1) is 11.8 Å². The third-order valence-electron chi connectivity index (χ3n) is 4.00. The molecule has 10 heteroatoms. The van der Waals surface area contributed by atoms with E-state index in [9.17, 15) is 24.8 Å². The summed E-state index contributed by atoms with van der Waals surface area (Å²) in [5, 5.41) is 19.7. The van der Waals surface area contributed by atoms with Crippen LogP contribution in [-0.4, -0.2) is 44.5 Å². The number of nitrogens with zero attached hydrogens (tertiary/aromatic N) is 2. The summed E-state index contributed by atoms with van der Waals surface area (Å²) in [4.78, 5) is 36.2. The topological polar surface area (TPSA) is 110 Å². The van der Waals surface area contributed by atoms with E-state index >= 15 is 0 Å². The standard InChI is InChI=1S/C16H16N2O6S2/c1-2-25-16-12(17-13(20)11(7-19)14(17)26-16)15(21)24-8-9-3-5-10(6-4-9)18(22)23/h3-6,11,14,19H,2,7-8H2,1H3/t11?,14-/m1/s1. The van der Waals surface area contributed by atoms with E-state index in [1.165, 1.54) is 52.7 Å². The molecule has 0 spiro atoms. The first-order chi connectivity index (χ1) is 12.5. The average molecular weight is 396 g/mol. The van der Waals surface area contributed by atoms with Gasteiger partial charge in [-0.2, -0.15) is 0 Å². The van der Waals surface area contributed by atoms with Crippen molar-refractivity contribution in [3.8, 4) is 0 Å². The van der Waals surface area contributed by atoms with Gasteiger partial charge in [0.2, 0.25) is 5.91 Å². The molecule has 0 radical (unpaired) electrons. The van der Waals surface area contributed by atoms with Gasteiger partial charge in [0.15, 0.2) is 5.70 Å². The molecule has 26 heavy (non-hydrogen) atoms. The summed E-state index contributed by atoms with van der Waals surface area (Å²) in [7, 11) is 0. The zero-order valence-electron chi connectivity index (χ0n) is 13.8. The van der Waals surface area contributed by atoms with E-state index in [0.29, 0.717) is 5.56 Å². The van der Waals surface area contributed by atoms with Gasteiger partial charge < -0.3 is 9.84 Å². The lowest BCUT2D eigenvalue weighted by Crippen LogP contribution is -2.58. The van der Waals surface area contributed by atoms with Crippen LogP contribution in [0.25, 0.3) is 0 Å². The second-order valence-corrected chi connectivity index (χ2v) is 8.23. The number of amides is 1. The Bertz CT molecular complexity index is 779. The third-order valence-corrected chi connectivity index (χ3v) is 6.57. The number of nitro benzene ring substituents is 1. The highest BCUT2D eigenvalue weighted by molar-refractivity contribution is 8.22. The fourth-order valence-corrected chi connectivity index (χ4v) is 5.37. The monoisotopic (exact) mass is 396 g/mol. The number of carbonyl (C=O) groups is 2. The molecule has 0 aromatic heterocycles. The first kappa shape index (κ1) is 18.7. The number of esters is 1.